The molecule has 7 heteroatoms. The van der Waals surface area contributed by atoms with Gasteiger partial charge in [-0.05, 0) is 37.6 Å². The third kappa shape index (κ3) is 4.64. The first-order valence-electron chi connectivity index (χ1n) is 8.95. The monoisotopic (exact) mass is 397 g/mol. The Balaban J connectivity index is 1.70. The number of nitrogens with zero attached hydrogens (tertiary/aromatic N) is 3. The van der Waals surface area contributed by atoms with Gasteiger partial charge in [-0.15, -0.1) is 0 Å². The number of aliphatic imine (C=N–C) groups is 1. The second-order valence-corrected chi connectivity index (χ2v) is 6.88. The highest BCUT2D eigenvalue weighted by molar-refractivity contribution is 6.32. The molecule has 0 saturated carbocycles. The van der Waals surface area contributed by atoms with Gasteiger partial charge in [0.1, 0.15) is 5.75 Å². The molecule has 0 spiro atoms. The second-order valence-electron chi connectivity index (χ2n) is 6.47. The maximum Gasteiger partial charge on any atom is 0.193 e. The molecule has 146 valence electrons. The van der Waals surface area contributed by atoms with Crippen LogP contribution in [0.2, 0.25) is 5.02 Å². The quantitative estimate of drug-likeness (QED) is 0.484. The Hall–Kier alpha value is -2.99. The Morgan fingerprint density at radius 2 is 1.96 bits per heavy atom. The lowest BCUT2D eigenvalue weighted by atomic mass is 10.2. The lowest BCUT2D eigenvalue weighted by molar-refractivity contribution is 0.415. The number of ether oxygens (including phenoxy) is 1. The molecular formula is C21H24ClN5O. The summed E-state index contributed by atoms with van der Waals surface area (Å²) in [7, 11) is 1.58. The highest BCUT2D eigenvalue weighted by Gasteiger charge is 2.11. The largest absolute Gasteiger partial charge is 0.495 e. The van der Waals surface area contributed by atoms with Crippen molar-refractivity contribution in [1.29, 1.82) is 0 Å². The number of hydrogen-bond donors (Lipinski definition) is 2. The maximum atomic E-state index is 6.14. The number of benzene rings is 2. The van der Waals surface area contributed by atoms with Crippen LogP contribution in [0.1, 0.15) is 22.5 Å². The number of aryl methyl sites for hydroxylation is 1. The fourth-order valence-corrected chi connectivity index (χ4v) is 3.23. The van der Waals surface area contributed by atoms with Gasteiger partial charge in [0.2, 0.25) is 0 Å². The van der Waals surface area contributed by atoms with Crippen LogP contribution in [-0.4, -0.2) is 22.8 Å². The predicted octanol–water partition coefficient (Wildman–Crippen LogP) is 4.14. The van der Waals surface area contributed by atoms with E-state index >= 15 is 0 Å². The van der Waals surface area contributed by atoms with Gasteiger partial charge < -0.3 is 15.8 Å². The van der Waals surface area contributed by atoms with E-state index in [1.807, 2.05) is 35.9 Å². The molecule has 0 bridgehead atoms. The molecule has 3 rings (SSSR count). The normalized spacial score (nSPS) is 11.5. The lowest BCUT2D eigenvalue weighted by Gasteiger charge is -2.09. The zero-order valence-corrected chi connectivity index (χ0v) is 17.0. The summed E-state index contributed by atoms with van der Waals surface area (Å²) in [5.41, 5.74) is 11.1. The van der Waals surface area contributed by atoms with Gasteiger partial charge in [-0.3, -0.25) is 4.68 Å². The van der Waals surface area contributed by atoms with E-state index in [0.717, 1.165) is 29.2 Å². The van der Waals surface area contributed by atoms with Gasteiger partial charge in [0.25, 0.3) is 0 Å². The van der Waals surface area contributed by atoms with E-state index in [2.05, 4.69) is 34.5 Å². The summed E-state index contributed by atoms with van der Waals surface area (Å²) >= 11 is 6.14. The van der Waals surface area contributed by atoms with Gasteiger partial charge in [0.05, 0.1) is 30.9 Å². The number of nitrogens with one attached hydrogen (secondary N) is 1. The molecule has 6 nitrogen and oxygen atoms in total. The summed E-state index contributed by atoms with van der Waals surface area (Å²) in [6, 6.07) is 15.6. The summed E-state index contributed by atoms with van der Waals surface area (Å²) in [5, 5.41) is 8.21. The van der Waals surface area contributed by atoms with Crippen LogP contribution in [0.3, 0.4) is 0 Å². The molecule has 28 heavy (non-hydrogen) atoms. The van der Waals surface area contributed by atoms with Crippen molar-refractivity contribution in [2.24, 2.45) is 10.7 Å². The van der Waals surface area contributed by atoms with E-state index in [-0.39, 0.29) is 0 Å². The molecule has 3 aromatic rings. The van der Waals surface area contributed by atoms with Crippen LogP contribution in [-0.2, 0) is 13.1 Å². The van der Waals surface area contributed by atoms with Crippen molar-refractivity contribution >= 4 is 23.2 Å². The van der Waals surface area contributed by atoms with Crippen LogP contribution < -0.4 is 15.8 Å². The van der Waals surface area contributed by atoms with Crippen molar-refractivity contribution < 1.29 is 4.74 Å². The molecule has 1 aromatic heterocycles. The van der Waals surface area contributed by atoms with Gasteiger partial charge in [-0.2, -0.15) is 5.10 Å². The first-order chi connectivity index (χ1) is 13.5. The summed E-state index contributed by atoms with van der Waals surface area (Å²) in [5.74, 6) is 0.927. The summed E-state index contributed by atoms with van der Waals surface area (Å²) < 4.78 is 7.15. The van der Waals surface area contributed by atoms with Gasteiger partial charge in [0, 0.05) is 16.9 Å². The predicted molar refractivity (Wildman–Crippen MR) is 114 cm³/mol. The molecule has 0 aliphatic rings. The number of hydrogen-bond acceptors (Lipinski definition) is 3. The van der Waals surface area contributed by atoms with E-state index in [1.165, 1.54) is 5.56 Å². The number of methoxy groups -OCH3 is 1. The number of halogens is 1. The first kappa shape index (κ1) is 19.8. The summed E-state index contributed by atoms with van der Waals surface area (Å²) in [4.78, 5) is 4.46. The van der Waals surface area contributed by atoms with Crippen LogP contribution in [0, 0.1) is 13.8 Å². The number of anilines is 1. The minimum absolute atomic E-state index is 0.316. The SMILES string of the molecule is COc1ccc(NC(N)=NCc2c(C)nn(Cc3ccccc3)c2C)cc1Cl. The topological polar surface area (TPSA) is 77.5 Å². The molecule has 0 unspecified atom stereocenters. The summed E-state index contributed by atoms with van der Waals surface area (Å²) in [6.07, 6.45) is 0. The highest BCUT2D eigenvalue weighted by Crippen LogP contribution is 2.27. The van der Waals surface area contributed by atoms with Gasteiger partial charge in [-0.1, -0.05) is 41.9 Å². The van der Waals surface area contributed by atoms with Crippen LogP contribution in [0.15, 0.2) is 53.5 Å². The molecule has 0 fully saturated rings. The van der Waals surface area contributed by atoms with E-state index in [0.29, 0.717) is 23.3 Å². The van der Waals surface area contributed by atoms with E-state index in [4.69, 9.17) is 22.1 Å². The van der Waals surface area contributed by atoms with Crippen LogP contribution in [0.5, 0.6) is 5.75 Å². The Bertz CT molecular complexity index is 982. The number of nitrogens with two attached hydrogens (primary N) is 1. The van der Waals surface area contributed by atoms with E-state index in [1.54, 1.807) is 19.2 Å². The number of rotatable bonds is 6. The molecule has 2 aromatic carbocycles. The van der Waals surface area contributed by atoms with Crippen molar-refractivity contribution in [3.63, 3.8) is 0 Å². The smallest absolute Gasteiger partial charge is 0.193 e. The van der Waals surface area contributed by atoms with Gasteiger partial charge in [0.15, 0.2) is 5.96 Å². The molecule has 1 heterocycles. The zero-order chi connectivity index (χ0) is 20.1. The minimum Gasteiger partial charge on any atom is -0.495 e. The Morgan fingerprint density at radius 3 is 2.64 bits per heavy atom. The van der Waals surface area contributed by atoms with Crippen molar-refractivity contribution in [2.45, 2.75) is 26.9 Å². The number of guanidine groups is 1. The first-order valence-corrected chi connectivity index (χ1v) is 9.33. The molecule has 0 radical (unpaired) electrons. The Kier molecular flexibility index (Phi) is 6.21. The molecule has 0 atom stereocenters. The van der Waals surface area contributed by atoms with Crippen molar-refractivity contribution in [1.82, 2.24) is 9.78 Å². The third-order valence-electron chi connectivity index (χ3n) is 4.54. The zero-order valence-electron chi connectivity index (χ0n) is 16.2. The van der Waals surface area contributed by atoms with E-state index in [9.17, 15) is 0 Å². The molecule has 0 aliphatic heterocycles. The van der Waals surface area contributed by atoms with Crippen molar-refractivity contribution in [3.05, 3.63) is 76.1 Å². The average molecular weight is 398 g/mol. The fraction of sp³-hybridized carbons (Fsp3) is 0.238. The highest BCUT2D eigenvalue weighted by atomic mass is 35.5. The van der Waals surface area contributed by atoms with E-state index < -0.39 is 0 Å². The lowest BCUT2D eigenvalue weighted by Crippen LogP contribution is -2.22. The van der Waals surface area contributed by atoms with Crippen LogP contribution in [0.4, 0.5) is 5.69 Å². The van der Waals surface area contributed by atoms with Crippen molar-refractivity contribution in [3.8, 4) is 5.75 Å². The maximum absolute atomic E-state index is 6.14. The molecule has 0 amide bonds. The molecule has 0 aliphatic carbocycles. The second kappa shape index (κ2) is 8.80. The number of aromatic nitrogens is 2. The van der Waals surface area contributed by atoms with Crippen LogP contribution >= 0.6 is 11.6 Å². The van der Waals surface area contributed by atoms with Crippen molar-refractivity contribution in [2.75, 3.05) is 12.4 Å². The fourth-order valence-electron chi connectivity index (χ4n) is 2.97. The molecule has 0 saturated heterocycles. The average Bonchev–Trinajstić information content (AvgIpc) is 2.94. The summed E-state index contributed by atoms with van der Waals surface area (Å²) in [6.45, 7) is 5.23. The molecule has 3 N–H and O–H groups in total. The van der Waals surface area contributed by atoms with Gasteiger partial charge >= 0.3 is 0 Å². The third-order valence-corrected chi connectivity index (χ3v) is 4.83. The van der Waals surface area contributed by atoms with Gasteiger partial charge in [-0.25, -0.2) is 4.99 Å². The molecular weight excluding hydrogens is 374 g/mol. The van der Waals surface area contributed by atoms with Crippen LogP contribution in [0.25, 0.3) is 0 Å². The Labute approximate surface area is 170 Å². The standard InChI is InChI=1S/C21H24ClN5O/c1-14-18(15(2)27(26-14)13-16-7-5-4-6-8-16)12-24-21(23)25-17-9-10-20(28-3)19(22)11-17/h4-11H,12-13H2,1-3H3,(H3,23,24,25). The minimum atomic E-state index is 0.316. The Morgan fingerprint density at radius 1 is 1.21 bits per heavy atom.